The summed E-state index contributed by atoms with van der Waals surface area (Å²) in [4.78, 5) is 26.5. The maximum absolute atomic E-state index is 11.7. The highest BCUT2D eigenvalue weighted by Crippen LogP contribution is 2.30. The van der Waals surface area contributed by atoms with Gasteiger partial charge in [0.2, 0.25) is 11.8 Å². The van der Waals surface area contributed by atoms with Crippen LogP contribution in [0.15, 0.2) is 23.8 Å². The first-order valence-corrected chi connectivity index (χ1v) is 6.90. The zero-order chi connectivity index (χ0) is 13.9. The fraction of sp³-hybridized carbons (Fsp3) is 0.538. The molecule has 5 heteroatoms. The van der Waals surface area contributed by atoms with Gasteiger partial charge in [-0.25, -0.2) is 0 Å². The molecule has 0 saturated carbocycles. The maximum Gasteiger partial charge on any atom is 0.221 e. The van der Waals surface area contributed by atoms with Crippen LogP contribution in [0.1, 0.15) is 20.3 Å². The second kappa shape index (κ2) is 5.69. The summed E-state index contributed by atoms with van der Waals surface area (Å²) in [6.07, 6.45) is 6.54. The van der Waals surface area contributed by atoms with Gasteiger partial charge in [-0.15, -0.1) is 0 Å². The molecular weight excluding hydrogens is 296 g/mol. The fourth-order valence-corrected chi connectivity index (χ4v) is 2.44. The number of carbonyl (C=O) groups is 2. The van der Waals surface area contributed by atoms with E-state index in [0.29, 0.717) is 6.42 Å². The maximum atomic E-state index is 11.7. The third kappa shape index (κ3) is 2.66. The third-order valence-electron chi connectivity index (χ3n) is 3.49. The Labute approximate surface area is 116 Å². The molecule has 18 heavy (non-hydrogen) atoms. The van der Waals surface area contributed by atoms with Crippen molar-refractivity contribution in [2.45, 2.75) is 25.9 Å². The van der Waals surface area contributed by atoms with Gasteiger partial charge in [0, 0.05) is 39.7 Å². The summed E-state index contributed by atoms with van der Waals surface area (Å²) >= 11 is 3.40. The van der Waals surface area contributed by atoms with Crippen LogP contribution >= 0.6 is 15.9 Å². The normalized spacial score (nSPS) is 17.1. The second-order valence-electron chi connectivity index (χ2n) is 4.48. The Hall–Kier alpha value is -1.10. The molecule has 1 aliphatic rings. The molecule has 0 aromatic carbocycles. The molecule has 100 valence electrons. The quantitative estimate of drug-likeness (QED) is 0.590. The molecule has 0 fully saturated rings. The number of halogens is 1. The van der Waals surface area contributed by atoms with E-state index in [1.54, 1.807) is 23.9 Å². The summed E-state index contributed by atoms with van der Waals surface area (Å²) < 4.78 is 0. The fourth-order valence-electron chi connectivity index (χ4n) is 2.02. The number of hydrogen-bond donors (Lipinski definition) is 0. The van der Waals surface area contributed by atoms with Crippen molar-refractivity contribution < 1.29 is 9.59 Å². The Bertz CT molecular complexity index is 395. The molecule has 0 aromatic rings. The Morgan fingerprint density at radius 2 is 1.78 bits per heavy atom. The lowest BCUT2D eigenvalue weighted by molar-refractivity contribution is -0.146. The number of rotatable bonds is 3. The minimum Gasteiger partial charge on any atom is -0.319 e. The van der Waals surface area contributed by atoms with E-state index in [1.165, 1.54) is 13.8 Å². The van der Waals surface area contributed by atoms with Gasteiger partial charge < -0.3 is 9.80 Å². The standard InChI is InChI=1S/C13H19BrN2O2/c1-10(17)15(3)13(16(4)11(2)18)7-5-12(9-14)6-8-13/h5-7H,8-9H2,1-4H3. The molecule has 4 nitrogen and oxygen atoms in total. The summed E-state index contributed by atoms with van der Waals surface area (Å²) in [7, 11) is 3.44. The van der Waals surface area contributed by atoms with E-state index in [-0.39, 0.29) is 11.8 Å². The minimum absolute atomic E-state index is 0.0663. The zero-order valence-electron chi connectivity index (χ0n) is 11.2. The number of carbonyl (C=O) groups excluding carboxylic acids is 2. The van der Waals surface area contributed by atoms with Gasteiger partial charge in [0.15, 0.2) is 0 Å². The molecule has 1 rings (SSSR count). The molecule has 0 spiro atoms. The number of hydrogen-bond acceptors (Lipinski definition) is 2. The van der Waals surface area contributed by atoms with Crippen LogP contribution in [0.2, 0.25) is 0 Å². The molecular formula is C13H19BrN2O2. The summed E-state index contributed by atoms with van der Waals surface area (Å²) in [5.41, 5.74) is 0.461. The van der Waals surface area contributed by atoms with Gasteiger partial charge in [0.05, 0.1) is 0 Å². The molecule has 1 aliphatic carbocycles. The first-order chi connectivity index (χ1) is 8.35. The predicted octanol–water partition coefficient (Wildman–Crippen LogP) is 1.92. The molecule has 0 saturated heterocycles. The van der Waals surface area contributed by atoms with E-state index in [2.05, 4.69) is 15.9 Å². The van der Waals surface area contributed by atoms with E-state index in [9.17, 15) is 9.59 Å². The Morgan fingerprint density at radius 1 is 1.28 bits per heavy atom. The summed E-state index contributed by atoms with van der Waals surface area (Å²) in [6, 6.07) is 0. The summed E-state index contributed by atoms with van der Waals surface area (Å²) in [5, 5.41) is 0.771. The summed E-state index contributed by atoms with van der Waals surface area (Å²) in [6.45, 7) is 3.01. The minimum atomic E-state index is -0.691. The van der Waals surface area contributed by atoms with Crippen molar-refractivity contribution >= 4 is 27.7 Å². The van der Waals surface area contributed by atoms with Crippen molar-refractivity contribution in [2.75, 3.05) is 19.4 Å². The van der Waals surface area contributed by atoms with Gasteiger partial charge >= 0.3 is 0 Å². The number of nitrogens with zero attached hydrogens (tertiary/aromatic N) is 2. The summed E-state index contributed by atoms with van der Waals surface area (Å²) in [5.74, 6) is -0.133. The first kappa shape index (κ1) is 15.0. The first-order valence-electron chi connectivity index (χ1n) is 5.78. The number of amides is 2. The molecule has 0 unspecified atom stereocenters. The van der Waals surface area contributed by atoms with E-state index >= 15 is 0 Å². The van der Waals surface area contributed by atoms with Crippen LogP contribution < -0.4 is 0 Å². The van der Waals surface area contributed by atoms with Gasteiger partial charge in [-0.05, 0) is 11.6 Å². The lowest BCUT2D eigenvalue weighted by Crippen LogP contribution is -2.59. The van der Waals surface area contributed by atoms with E-state index in [1.807, 2.05) is 18.2 Å². The molecule has 0 aromatic heterocycles. The Morgan fingerprint density at radius 3 is 2.06 bits per heavy atom. The molecule has 0 atom stereocenters. The molecule has 0 bridgehead atoms. The van der Waals surface area contributed by atoms with Crippen molar-refractivity contribution in [1.82, 2.24) is 9.80 Å². The third-order valence-corrected chi connectivity index (χ3v) is 4.14. The zero-order valence-corrected chi connectivity index (χ0v) is 12.8. The van der Waals surface area contributed by atoms with Crippen molar-refractivity contribution in [3.63, 3.8) is 0 Å². The van der Waals surface area contributed by atoms with Crippen molar-refractivity contribution in [1.29, 1.82) is 0 Å². The highest BCUT2D eigenvalue weighted by atomic mass is 79.9. The molecule has 0 N–H and O–H groups in total. The largest absolute Gasteiger partial charge is 0.319 e. The number of alkyl halides is 1. The van der Waals surface area contributed by atoms with Gasteiger partial charge in [-0.1, -0.05) is 28.1 Å². The van der Waals surface area contributed by atoms with Crippen LogP contribution in [0.3, 0.4) is 0 Å². The monoisotopic (exact) mass is 314 g/mol. The highest BCUT2D eigenvalue weighted by Gasteiger charge is 2.39. The highest BCUT2D eigenvalue weighted by molar-refractivity contribution is 9.09. The van der Waals surface area contributed by atoms with Crippen LogP contribution in [0.5, 0.6) is 0 Å². The van der Waals surface area contributed by atoms with Gasteiger partial charge in [0.1, 0.15) is 5.66 Å². The average molecular weight is 315 g/mol. The molecule has 0 radical (unpaired) electrons. The van der Waals surface area contributed by atoms with E-state index < -0.39 is 5.66 Å². The van der Waals surface area contributed by atoms with Crippen molar-refractivity contribution in [3.8, 4) is 0 Å². The molecule has 0 aliphatic heterocycles. The van der Waals surface area contributed by atoms with Crippen LogP contribution in [-0.4, -0.2) is 46.7 Å². The van der Waals surface area contributed by atoms with Gasteiger partial charge in [-0.3, -0.25) is 9.59 Å². The lowest BCUT2D eigenvalue weighted by Gasteiger charge is -2.46. The van der Waals surface area contributed by atoms with E-state index in [0.717, 1.165) is 10.9 Å². The Balaban J connectivity index is 3.14. The smallest absolute Gasteiger partial charge is 0.221 e. The molecule has 0 heterocycles. The SMILES string of the molecule is CC(=O)N(C)C1(N(C)C(C)=O)C=CC(CBr)=CC1. The van der Waals surface area contributed by atoms with Crippen LogP contribution in [0.4, 0.5) is 0 Å². The topological polar surface area (TPSA) is 40.6 Å². The second-order valence-corrected chi connectivity index (χ2v) is 5.05. The number of likely N-dealkylation sites (N-methyl/N-ethyl adjacent to an activating group) is 2. The lowest BCUT2D eigenvalue weighted by atomic mass is 9.94. The van der Waals surface area contributed by atoms with Crippen LogP contribution in [0, 0.1) is 0 Å². The van der Waals surface area contributed by atoms with Crippen LogP contribution in [-0.2, 0) is 9.59 Å². The number of allylic oxidation sites excluding steroid dienone is 2. The van der Waals surface area contributed by atoms with Crippen LogP contribution in [0.25, 0.3) is 0 Å². The predicted molar refractivity (Wildman–Crippen MR) is 75.3 cm³/mol. The van der Waals surface area contributed by atoms with Gasteiger partial charge in [-0.2, -0.15) is 0 Å². The van der Waals surface area contributed by atoms with Gasteiger partial charge in [0.25, 0.3) is 0 Å². The Kier molecular flexibility index (Phi) is 4.73. The van der Waals surface area contributed by atoms with E-state index in [4.69, 9.17) is 0 Å². The van der Waals surface area contributed by atoms with Crippen molar-refractivity contribution in [3.05, 3.63) is 23.8 Å². The molecule has 2 amide bonds. The average Bonchev–Trinajstić information content (AvgIpc) is 2.36. The van der Waals surface area contributed by atoms with Crippen molar-refractivity contribution in [2.24, 2.45) is 0 Å².